The third kappa shape index (κ3) is 5.47. The Morgan fingerprint density at radius 1 is 1.26 bits per heavy atom. The van der Waals surface area contributed by atoms with E-state index in [2.05, 4.69) is 10.6 Å². The molecule has 0 bridgehead atoms. The van der Waals surface area contributed by atoms with E-state index in [9.17, 15) is 9.59 Å². The first-order valence-corrected chi connectivity index (χ1v) is 8.07. The molecule has 6 nitrogen and oxygen atoms in total. The fourth-order valence-electron chi connectivity index (χ4n) is 2.79. The summed E-state index contributed by atoms with van der Waals surface area (Å²) in [4.78, 5) is 22.4. The summed E-state index contributed by atoms with van der Waals surface area (Å²) in [6.07, 6.45) is 3.11. The SMILES string of the molecule is CCNC(=O)COc1cccc(NC2CCC(C(=O)O)CC2)c1. The number of amides is 1. The number of anilines is 1. The van der Waals surface area contributed by atoms with E-state index in [-0.39, 0.29) is 24.5 Å². The Morgan fingerprint density at radius 3 is 2.65 bits per heavy atom. The van der Waals surface area contributed by atoms with Crippen LogP contribution in [0.15, 0.2) is 24.3 Å². The highest BCUT2D eigenvalue weighted by Crippen LogP contribution is 2.27. The lowest BCUT2D eigenvalue weighted by atomic mass is 9.86. The lowest BCUT2D eigenvalue weighted by Crippen LogP contribution is -2.29. The first-order chi connectivity index (χ1) is 11.1. The van der Waals surface area contributed by atoms with Crippen molar-refractivity contribution in [3.63, 3.8) is 0 Å². The molecule has 0 aromatic heterocycles. The number of aliphatic carboxylic acids is 1. The molecule has 0 aliphatic heterocycles. The van der Waals surface area contributed by atoms with E-state index >= 15 is 0 Å². The summed E-state index contributed by atoms with van der Waals surface area (Å²) in [6.45, 7) is 2.45. The van der Waals surface area contributed by atoms with Gasteiger partial charge in [-0.05, 0) is 44.7 Å². The second kappa shape index (κ2) is 8.41. The predicted molar refractivity (Wildman–Crippen MR) is 87.6 cm³/mol. The van der Waals surface area contributed by atoms with E-state index in [1.807, 2.05) is 31.2 Å². The largest absolute Gasteiger partial charge is 0.484 e. The number of carbonyl (C=O) groups excluding carboxylic acids is 1. The molecule has 1 aromatic carbocycles. The zero-order chi connectivity index (χ0) is 16.7. The number of benzene rings is 1. The van der Waals surface area contributed by atoms with Crippen LogP contribution in [0.5, 0.6) is 5.75 Å². The van der Waals surface area contributed by atoms with Crippen LogP contribution in [-0.4, -0.2) is 36.2 Å². The molecule has 0 unspecified atom stereocenters. The Balaban J connectivity index is 1.83. The molecule has 3 N–H and O–H groups in total. The highest BCUT2D eigenvalue weighted by Gasteiger charge is 2.25. The number of carbonyl (C=O) groups is 2. The van der Waals surface area contributed by atoms with E-state index in [0.717, 1.165) is 18.5 Å². The summed E-state index contributed by atoms with van der Waals surface area (Å²) < 4.78 is 5.47. The Kier molecular flexibility index (Phi) is 6.26. The van der Waals surface area contributed by atoms with Crippen molar-refractivity contribution in [1.29, 1.82) is 0 Å². The summed E-state index contributed by atoms with van der Waals surface area (Å²) in [5.41, 5.74) is 0.928. The average Bonchev–Trinajstić information content (AvgIpc) is 2.54. The molecular formula is C17H24N2O4. The van der Waals surface area contributed by atoms with Gasteiger partial charge < -0.3 is 20.5 Å². The fourth-order valence-corrected chi connectivity index (χ4v) is 2.79. The van der Waals surface area contributed by atoms with Crippen LogP contribution in [-0.2, 0) is 9.59 Å². The summed E-state index contributed by atoms with van der Waals surface area (Å²) in [5.74, 6) is -0.401. The molecule has 1 aliphatic rings. The van der Waals surface area contributed by atoms with Crippen molar-refractivity contribution < 1.29 is 19.4 Å². The molecule has 6 heteroatoms. The first kappa shape index (κ1) is 17.1. The number of carboxylic acid groups (broad SMARTS) is 1. The Morgan fingerprint density at radius 2 is 2.00 bits per heavy atom. The van der Waals surface area contributed by atoms with Crippen molar-refractivity contribution in [1.82, 2.24) is 5.32 Å². The van der Waals surface area contributed by atoms with Gasteiger partial charge in [0.25, 0.3) is 5.91 Å². The van der Waals surface area contributed by atoms with Gasteiger partial charge in [0.05, 0.1) is 5.92 Å². The van der Waals surface area contributed by atoms with Gasteiger partial charge in [0.2, 0.25) is 0 Å². The van der Waals surface area contributed by atoms with Crippen molar-refractivity contribution in [2.24, 2.45) is 5.92 Å². The summed E-state index contributed by atoms with van der Waals surface area (Å²) in [7, 11) is 0. The lowest BCUT2D eigenvalue weighted by Gasteiger charge is -2.27. The van der Waals surface area contributed by atoms with Crippen molar-refractivity contribution in [3.05, 3.63) is 24.3 Å². The molecular weight excluding hydrogens is 296 g/mol. The van der Waals surface area contributed by atoms with Gasteiger partial charge in [-0.3, -0.25) is 9.59 Å². The minimum Gasteiger partial charge on any atom is -0.484 e. The molecule has 0 saturated heterocycles. The van der Waals surface area contributed by atoms with Crippen LogP contribution in [0, 0.1) is 5.92 Å². The zero-order valence-electron chi connectivity index (χ0n) is 13.4. The lowest BCUT2D eigenvalue weighted by molar-refractivity contribution is -0.142. The molecule has 126 valence electrons. The molecule has 0 atom stereocenters. The van der Waals surface area contributed by atoms with Gasteiger partial charge in [-0.1, -0.05) is 6.07 Å². The van der Waals surface area contributed by atoms with Gasteiger partial charge in [0.15, 0.2) is 6.61 Å². The Hall–Kier alpha value is -2.24. The molecule has 0 heterocycles. The van der Waals surface area contributed by atoms with Gasteiger partial charge >= 0.3 is 5.97 Å². The third-order valence-electron chi connectivity index (χ3n) is 4.03. The molecule has 0 radical (unpaired) electrons. The van der Waals surface area contributed by atoms with E-state index in [4.69, 9.17) is 9.84 Å². The van der Waals surface area contributed by atoms with E-state index in [1.54, 1.807) is 0 Å². The smallest absolute Gasteiger partial charge is 0.306 e. The van der Waals surface area contributed by atoms with E-state index < -0.39 is 5.97 Å². The number of likely N-dealkylation sites (N-methyl/N-ethyl adjacent to an activating group) is 1. The highest BCUT2D eigenvalue weighted by atomic mass is 16.5. The van der Waals surface area contributed by atoms with Crippen LogP contribution >= 0.6 is 0 Å². The number of nitrogens with one attached hydrogen (secondary N) is 2. The van der Waals surface area contributed by atoms with Gasteiger partial charge in [-0.2, -0.15) is 0 Å². The molecule has 1 fully saturated rings. The fraction of sp³-hybridized carbons (Fsp3) is 0.529. The van der Waals surface area contributed by atoms with Crippen molar-refractivity contribution >= 4 is 17.6 Å². The number of carboxylic acids is 1. The van der Waals surface area contributed by atoms with Crippen molar-refractivity contribution in [2.75, 3.05) is 18.5 Å². The zero-order valence-corrected chi connectivity index (χ0v) is 13.4. The Labute approximate surface area is 136 Å². The summed E-state index contributed by atoms with van der Waals surface area (Å²) >= 11 is 0. The minimum atomic E-state index is -0.691. The van der Waals surface area contributed by atoms with Gasteiger partial charge in [-0.15, -0.1) is 0 Å². The quantitative estimate of drug-likeness (QED) is 0.717. The predicted octanol–water partition coefficient (Wildman–Crippen LogP) is 2.26. The molecule has 1 amide bonds. The van der Waals surface area contributed by atoms with Crippen molar-refractivity contribution in [2.45, 2.75) is 38.6 Å². The van der Waals surface area contributed by atoms with Crippen LogP contribution in [0.3, 0.4) is 0 Å². The topological polar surface area (TPSA) is 87.7 Å². The number of ether oxygens (including phenoxy) is 1. The second-order valence-electron chi connectivity index (χ2n) is 5.80. The molecule has 23 heavy (non-hydrogen) atoms. The minimum absolute atomic E-state index is 0.00101. The standard InChI is InChI=1S/C17H24N2O4/c1-2-18-16(20)11-23-15-5-3-4-14(10-15)19-13-8-6-12(7-9-13)17(21)22/h3-5,10,12-13,19H,2,6-9,11H2,1H3,(H,18,20)(H,21,22). The summed E-state index contributed by atoms with van der Waals surface area (Å²) in [5, 5.41) is 15.1. The maximum atomic E-state index is 11.4. The maximum Gasteiger partial charge on any atom is 0.306 e. The molecule has 1 aromatic rings. The normalized spacial score (nSPS) is 20.6. The highest BCUT2D eigenvalue weighted by molar-refractivity contribution is 5.77. The second-order valence-corrected chi connectivity index (χ2v) is 5.80. The van der Waals surface area contributed by atoms with E-state index in [0.29, 0.717) is 25.1 Å². The molecule has 1 aliphatic carbocycles. The van der Waals surface area contributed by atoms with Crippen LogP contribution in [0.4, 0.5) is 5.69 Å². The Bertz CT molecular complexity index is 539. The van der Waals surface area contributed by atoms with E-state index in [1.165, 1.54) is 0 Å². The van der Waals surface area contributed by atoms with Gasteiger partial charge in [-0.25, -0.2) is 0 Å². The van der Waals surface area contributed by atoms with Crippen LogP contribution in [0.1, 0.15) is 32.6 Å². The van der Waals surface area contributed by atoms with Gasteiger partial charge in [0, 0.05) is 24.3 Å². The molecule has 0 spiro atoms. The first-order valence-electron chi connectivity index (χ1n) is 8.07. The number of rotatable bonds is 7. The average molecular weight is 320 g/mol. The molecule has 2 rings (SSSR count). The summed E-state index contributed by atoms with van der Waals surface area (Å²) in [6, 6.07) is 7.78. The van der Waals surface area contributed by atoms with Crippen LogP contribution in [0.2, 0.25) is 0 Å². The van der Waals surface area contributed by atoms with Crippen molar-refractivity contribution in [3.8, 4) is 5.75 Å². The molecule has 1 saturated carbocycles. The third-order valence-corrected chi connectivity index (χ3v) is 4.03. The van der Waals surface area contributed by atoms with Gasteiger partial charge in [0.1, 0.15) is 5.75 Å². The number of hydrogen-bond donors (Lipinski definition) is 3. The van der Waals surface area contributed by atoms with Crippen LogP contribution < -0.4 is 15.4 Å². The monoisotopic (exact) mass is 320 g/mol. The van der Waals surface area contributed by atoms with Crippen LogP contribution in [0.25, 0.3) is 0 Å². The maximum absolute atomic E-state index is 11.4. The number of hydrogen-bond acceptors (Lipinski definition) is 4.